The van der Waals surface area contributed by atoms with E-state index >= 15 is 0 Å². The van der Waals surface area contributed by atoms with Gasteiger partial charge in [-0.2, -0.15) is 0 Å². The van der Waals surface area contributed by atoms with Crippen LogP contribution in [-0.2, 0) is 0 Å². The monoisotopic (exact) mass is 254 g/mol. The summed E-state index contributed by atoms with van der Waals surface area (Å²) in [7, 11) is 0. The van der Waals surface area contributed by atoms with Gasteiger partial charge in [-0.25, -0.2) is 0 Å². The molecule has 1 aliphatic rings. The molecule has 1 aromatic rings. The molecule has 0 heterocycles. The molecule has 1 saturated carbocycles. The first kappa shape index (κ1) is 11.7. The first-order valence-electron chi connectivity index (χ1n) is 5.26. The summed E-state index contributed by atoms with van der Waals surface area (Å²) in [6, 6.07) is 6.15. The molecule has 86 valence electrons. The lowest BCUT2D eigenvalue weighted by molar-refractivity contribution is 0.630. The smallest absolute Gasteiger partial charge is 0.104 e. The van der Waals surface area contributed by atoms with Crippen LogP contribution in [0.5, 0.6) is 0 Å². The highest BCUT2D eigenvalue weighted by Crippen LogP contribution is 2.47. The molecule has 0 spiro atoms. The van der Waals surface area contributed by atoms with E-state index in [0.717, 1.165) is 11.3 Å². The molecule has 1 aliphatic carbocycles. The van der Waals surface area contributed by atoms with Crippen LogP contribution in [0.4, 0.5) is 5.69 Å². The van der Waals surface area contributed by atoms with Crippen molar-refractivity contribution < 1.29 is 0 Å². The summed E-state index contributed by atoms with van der Waals surface area (Å²) in [6.07, 6.45) is 1.18. The lowest BCUT2D eigenvalue weighted by Crippen LogP contribution is -2.11. The molecule has 0 amide bonds. The largest absolute Gasteiger partial charge is 0.389 e. The highest BCUT2D eigenvalue weighted by Gasteiger charge is 2.45. The molecular formula is C12H15ClN2S. The summed E-state index contributed by atoms with van der Waals surface area (Å²) in [5, 5.41) is 4.10. The minimum absolute atomic E-state index is 0.375. The van der Waals surface area contributed by atoms with Crippen LogP contribution in [0, 0.1) is 5.41 Å². The zero-order valence-electron chi connectivity index (χ0n) is 9.38. The number of rotatable bonds is 3. The van der Waals surface area contributed by atoms with E-state index in [4.69, 9.17) is 29.6 Å². The van der Waals surface area contributed by atoms with E-state index in [2.05, 4.69) is 19.2 Å². The Kier molecular flexibility index (Phi) is 2.84. The minimum atomic E-state index is 0.375. The van der Waals surface area contributed by atoms with Crippen molar-refractivity contribution in [3.8, 4) is 0 Å². The van der Waals surface area contributed by atoms with Gasteiger partial charge >= 0.3 is 0 Å². The van der Waals surface area contributed by atoms with Gasteiger partial charge in [-0.1, -0.05) is 37.7 Å². The molecule has 0 bridgehead atoms. The van der Waals surface area contributed by atoms with Crippen LogP contribution in [0.1, 0.15) is 25.8 Å². The standard InChI is InChI=1S/C12H15ClN2S/c1-12(2)6-10(12)15-9-4-3-7(11(14)16)5-8(9)13/h3-5,10,15H,6H2,1-2H3,(H2,14,16). The topological polar surface area (TPSA) is 38.0 Å². The molecule has 0 aromatic heterocycles. The van der Waals surface area contributed by atoms with Crippen molar-refractivity contribution in [2.75, 3.05) is 5.32 Å². The van der Waals surface area contributed by atoms with Gasteiger partial charge in [0.1, 0.15) is 4.99 Å². The third-order valence-electron chi connectivity index (χ3n) is 3.10. The lowest BCUT2D eigenvalue weighted by Gasteiger charge is -2.11. The Hall–Kier alpha value is -0.800. The predicted octanol–water partition coefficient (Wildman–Crippen LogP) is 3.18. The van der Waals surface area contributed by atoms with Gasteiger partial charge in [0.15, 0.2) is 0 Å². The number of hydrogen-bond acceptors (Lipinski definition) is 2. The summed E-state index contributed by atoms with van der Waals surface area (Å²) in [5.41, 5.74) is 7.68. The van der Waals surface area contributed by atoms with Crippen molar-refractivity contribution in [1.82, 2.24) is 0 Å². The molecule has 4 heteroatoms. The predicted molar refractivity (Wildman–Crippen MR) is 73.1 cm³/mol. The van der Waals surface area contributed by atoms with Crippen LogP contribution in [0.2, 0.25) is 5.02 Å². The van der Waals surface area contributed by atoms with Gasteiger partial charge < -0.3 is 11.1 Å². The highest BCUT2D eigenvalue weighted by molar-refractivity contribution is 7.80. The van der Waals surface area contributed by atoms with E-state index in [-0.39, 0.29) is 0 Å². The molecule has 1 unspecified atom stereocenters. The maximum atomic E-state index is 6.16. The van der Waals surface area contributed by atoms with E-state index in [1.54, 1.807) is 0 Å². The number of anilines is 1. The van der Waals surface area contributed by atoms with Crippen molar-refractivity contribution in [1.29, 1.82) is 0 Å². The number of nitrogens with two attached hydrogens (primary N) is 1. The maximum absolute atomic E-state index is 6.16. The summed E-state index contributed by atoms with van der Waals surface area (Å²) < 4.78 is 0. The van der Waals surface area contributed by atoms with Crippen LogP contribution in [0.15, 0.2) is 18.2 Å². The first-order valence-corrected chi connectivity index (χ1v) is 6.05. The Morgan fingerprint density at radius 2 is 2.19 bits per heavy atom. The molecule has 1 aromatic carbocycles. The SMILES string of the molecule is CC1(C)CC1Nc1ccc(C(N)=S)cc1Cl. The second-order valence-corrected chi connectivity index (χ2v) is 5.80. The third-order valence-corrected chi connectivity index (χ3v) is 3.65. The maximum Gasteiger partial charge on any atom is 0.104 e. The number of nitrogens with one attached hydrogen (secondary N) is 1. The summed E-state index contributed by atoms with van der Waals surface area (Å²) in [6.45, 7) is 4.48. The first-order chi connectivity index (χ1) is 7.40. The molecular weight excluding hydrogens is 240 g/mol. The van der Waals surface area contributed by atoms with Crippen LogP contribution in [-0.4, -0.2) is 11.0 Å². The zero-order chi connectivity index (χ0) is 11.9. The fraction of sp³-hybridized carbons (Fsp3) is 0.417. The highest BCUT2D eigenvalue weighted by atomic mass is 35.5. The van der Waals surface area contributed by atoms with Gasteiger partial charge in [0.05, 0.1) is 10.7 Å². The molecule has 2 rings (SSSR count). The van der Waals surface area contributed by atoms with Crippen LogP contribution in [0.25, 0.3) is 0 Å². The van der Waals surface area contributed by atoms with E-state index in [0.29, 0.717) is 21.5 Å². The van der Waals surface area contributed by atoms with Crippen molar-refractivity contribution in [2.45, 2.75) is 26.3 Å². The van der Waals surface area contributed by atoms with E-state index in [1.807, 2.05) is 18.2 Å². The molecule has 3 N–H and O–H groups in total. The zero-order valence-corrected chi connectivity index (χ0v) is 11.0. The Morgan fingerprint density at radius 3 is 2.62 bits per heavy atom. The van der Waals surface area contributed by atoms with E-state index in [9.17, 15) is 0 Å². The van der Waals surface area contributed by atoms with E-state index < -0.39 is 0 Å². The second kappa shape index (κ2) is 3.90. The molecule has 1 fully saturated rings. The average molecular weight is 255 g/mol. The Balaban J connectivity index is 2.14. The van der Waals surface area contributed by atoms with Crippen molar-refractivity contribution in [3.05, 3.63) is 28.8 Å². The van der Waals surface area contributed by atoms with Gasteiger partial charge in [0.2, 0.25) is 0 Å². The summed E-state index contributed by atoms with van der Waals surface area (Å²) in [5.74, 6) is 0. The molecule has 16 heavy (non-hydrogen) atoms. The van der Waals surface area contributed by atoms with Gasteiger partial charge in [0.25, 0.3) is 0 Å². The van der Waals surface area contributed by atoms with Crippen LogP contribution < -0.4 is 11.1 Å². The Labute approximate surface area is 106 Å². The van der Waals surface area contributed by atoms with E-state index in [1.165, 1.54) is 6.42 Å². The molecule has 1 atom stereocenters. The lowest BCUT2D eigenvalue weighted by atomic mass is 10.1. The van der Waals surface area contributed by atoms with Gasteiger partial charge in [0, 0.05) is 11.6 Å². The molecule has 2 nitrogen and oxygen atoms in total. The van der Waals surface area contributed by atoms with Gasteiger partial charge in [-0.15, -0.1) is 0 Å². The summed E-state index contributed by atoms with van der Waals surface area (Å²) >= 11 is 11.1. The number of hydrogen-bond donors (Lipinski definition) is 2. The number of halogens is 1. The van der Waals surface area contributed by atoms with Crippen molar-refractivity contribution in [3.63, 3.8) is 0 Å². The Morgan fingerprint density at radius 1 is 1.56 bits per heavy atom. The van der Waals surface area contributed by atoms with Crippen LogP contribution >= 0.6 is 23.8 Å². The fourth-order valence-electron chi connectivity index (χ4n) is 1.69. The molecule has 0 radical (unpaired) electrons. The third kappa shape index (κ3) is 2.30. The molecule has 0 aliphatic heterocycles. The second-order valence-electron chi connectivity index (χ2n) is 4.95. The average Bonchev–Trinajstić information content (AvgIpc) is 2.77. The van der Waals surface area contributed by atoms with Gasteiger partial charge in [-0.05, 0) is 30.0 Å². The van der Waals surface area contributed by atoms with Gasteiger partial charge in [-0.3, -0.25) is 0 Å². The van der Waals surface area contributed by atoms with Crippen molar-refractivity contribution in [2.24, 2.45) is 11.1 Å². The normalized spacial score (nSPS) is 21.6. The number of thiocarbonyl (C=S) groups is 1. The van der Waals surface area contributed by atoms with Crippen LogP contribution in [0.3, 0.4) is 0 Å². The molecule has 0 saturated heterocycles. The van der Waals surface area contributed by atoms with Crippen molar-refractivity contribution >= 4 is 34.5 Å². The summed E-state index contributed by atoms with van der Waals surface area (Å²) in [4.78, 5) is 0.375. The number of benzene rings is 1. The quantitative estimate of drug-likeness (QED) is 0.814. The fourth-order valence-corrected chi connectivity index (χ4v) is 2.05. The Bertz CT molecular complexity index is 443. The minimum Gasteiger partial charge on any atom is -0.389 e.